The molecular weight excluding hydrogens is 406 g/mol. The van der Waals surface area contributed by atoms with Gasteiger partial charge in [0.15, 0.2) is 10.7 Å². The summed E-state index contributed by atoms with van der Waals surface area (Å²) in [6, 6.07) is 7.93. The van der Waals surface area contributed by atoms with Crippen molar-refractivity contribution in [2.24, 2.45) is 5.92 Å². The summed E-state index contributed by atoms with van der Waals surface area (Å²) in [4.78, 5) is 46.8. The van der Waals surface area contributed by atoms with Crippen molar-refractivity contribution >= 4 is 34.2 Å². The molecule has 0 saturated carbocycles. The number of non-ortho nitro benzene ring substituents is 1. The van der Waals surface area contributed by atoms with Crippen molar-refractivity contribution in [3.05, 3.63) is 40.4 Å². The lowest BCUT2D eigenvalue weighted by atomic mass is 10.0. The van der Waals surface area contributed by atoms with Crippen LogP contribution >= 0.6 is 0 Å². The third kappa shape index (κ3) is 7.14. The first-order valence-electron chi connectivity index (χ1n) is 8.48. The smallest absolute Gasteiger partial charge is 0.410 e. The fraction of sp³-hybridized carbons (Fsp3) is 0.471. The van der Waals surface area contributed by atoms with Gasteiger partial charge in [-0.15, -0.1) is 0 Å². The third-order valence-electron chi connectivity index (χ3n) is 4.17. The first kappa shape index (κ1) is 24.0. The first-order chi connectivity index (χ1) is 13.6. The topological polar surface area (TPSA) is 144 Å². The Morgan fingerprint density at radius 1 is 1.24 bits per heavy atom. The molecule has 0 bridgehead atoms. The largest absolute Gasteiger partial charge is 0.453 e. The zero-order chi connectivity index (χ0) is 22.1. The summed E-state index contributed by atoms with van der Waals surface area (Å²) in [6.07, 6.45) is -1.08. The zero-order valence-electron chi connectivity index (χ0n) is 16.2. The number of carbonyl (C=O) groups excluding carboxylic acids is 3. The van der Waals surface area contributed by atoms with Gasteiger partial charge in [-0.2, -0.15) is 0 Å². The van der Waals surface area contributed by atoms with Crippen molar-refractivity contribution in [2.45, 2.75) is 18.2 Å². The molecule has 2 atom stereocenters. The number of hydrogen-bond donors (Lipinski definition) is 1. The van der Waals surface area contributed by atoms with Gasteiger partial charge < -0.3 is 9.64 Å². The number of carbonyl (C=O) groups is 3. The van der Waals surface area contributed by atoms with Crippen LogP contribution in [0.15, 0.2) is 30.3 Å². The molecule has 0 N–H and O–H groups in total. The fourth-order valence-corrected chi connectivity index (χ4v) is 3.41. The van der Waals surface area contributed by atoms with E-state index in [0.717, 1.165) is 12.0 Å². The predicted molar refractivity (Wildman–Crippen MR) is 103 cm³/mol. The highest BCUT2D eigenvalue weighted by Crippen LogP contribution is 2.26. The number of nitrogens with zero attached hydrogens (tertiary/aromatic N) is 3. The molecule has 2 rings (SSSR count). The molecule has 29 heavy (non-hydrogen) atoms. The molecule has 11 nitrogen and oxygen atoms in total. The molecule has 0 unspecified atom stereocenters. The van der Waals surface area contributed by atoms with Crippen molar-refractivity contribution in [2.75, 3.05) is 27.7 Å². The molecule has 1 aromatic rings. The van der Waals surface area contributed by atoms with Gasteiger partial charge in [-0.1, -0.05) is 18.2 Å². The van der Waals surface area contributed by atoms with E-state index < -0.39 is 33.0 Å². The fourth-order valence-electron chi connectivity index (χ4n) is 2.56. The minimum Gasteiger partial charge on any atom is -0.453 e. The number of rotatable bonds is 5. The van der Waals surface area contributed by atoms with Crippen molar-refractivity contribution < 1.29 is 32.5 Å². The molecule has 160 valence electrons. The lowest BCUT2D eigenvalue weighted by Crippen LogP contribution is -2.36. The molecule has 0 radical (unpaired) electrons. The van der Waals surface area contributed by atoms with Crippen LogP contribution in [0.25, 0.3) is 0 Å². The van der Waals surface area contributed by atoms with E-state index in [9.17, 15) is 32.9 Å². The highest BCUT2D eigenvalue weighted by Gasteiger charge is 2.41. The van der Waals surface area contributed by atoms with Crippen molar-refractivity contribution in [3.8, 4) is 0 Å². The van der Waals surface area contributed by atoms with E-state index >= 15 is 0 Å². The maximum atomic E-state index is 12.0. The predicted octanol–water partition coefficient (Wildman–Crippen LogP) is 0.654. The third-order valence-corrected chi connectivity index (χ3v) is 5.15. The Morgan fingerprint density at radius 3 is 2.24 bits per heavy atom. The van der Waals surface area contributed by atoms with Crippen LogP contribution < -0.4 is 0 Å². The standard InChI is InChI=1S/C11H18N2O6S.C6H5NO2/c1-12(2)9(15)5-8(14)7-4-10(20(17)18)13(6-7)11(16)19-3;8-7(9)6-4-2-1-3-5-6/h7,10,20H,4-6H2,1-3H3;1-5H/t7-,10-;/m0./s1. The number of ether oxygens (including phenoxy) is 1. The highest BCUT2D eigenvalue weighted by atomic mass is 32.2. The van der Waals surface area contributed by atoms with Gasteiger partial charge >= 0.3 is 6.09 Å². The van der Waals surface area contributed by atoms with Crippen molar-refractivity contribution in [1.82, 2.24) is 9.80 Å². The molecule has 0 spiro atoms. The minimum absolute atomic E-state index is 0.00729. The number of likely N-dealkylation sites (tertiary alicyclic amines) is 1. The molecule has 0 aliphatic carbocycles. The molecule has 1 saturated heterocycles. The zero-order valence-corrected chi connectivity index (χ0v) is 17.1. The normalized spacial score (nSPS) is 17.9. The van der Waals surface area contributed by atoms with Gasteiger partial charge in [0.25, 0.3) is 5.69 Å². The Hall–Kier alpha value is -3.02. The van der Waals surface area contributed by atoms with Crippen LogP contribution in [0.2, 0.25) is 0 Å². The molecule has 1 aliphatic heterocycles. The summed E-state index contributed by atoms with van der Waals surface area (Å²) in [5.41, 5.74) is 0.137. The molecular formula is C17H23N3O8S. The van der Waals surface area contributed by atoms with Gasteiger partial charge in [0.05, 0.1) is 18.5 Å². The van der Waals surface area contributed by atoms with Gasteiger partial charge in [-0.3, -0.25) is 24.6 Å². The maximum absolute atomic E-state index is 12.0. The lowest BCUT2D eigenvalue weighted by Gasteiger charge is -2.18. The maximum Gasteiger partial charge on any atom is 0.410 e. The number of thiol groups is 1. The summed E-state index contributed by atoms with van der Waals surface area (Å²) >= 11 is 0. The molecule has 12 heteroatoms. The van der Waals surface area contributed by atoms with Crippen LogP contribution in [0, 0.1) is 16.0 Å². The van der Waals surface area contributed by atoms with Crippen LogP contribution in [0.4, 0.5) is 10.5 Å². The minimum atomic E-state index is -2.89. The Balaban J connectivity index is 0.000000387. The van der Waals surface area contributed by atoms with Crippen LogP contribution in [0.3, 0.4) is 0 Å². The van der Waals surface area contributed by atoms with E-state index in [0.29, 0.717) is 0 Å². The average Bonchev–Trinajstić information content (AvgIpc) is 3.14. The van der Waals surface area contributed by atoms with Crippen LogP contribution in [-0.2, 0) is 25.0 Å². The highest BCUT2D eigenvalue weighted by molar-refractivity contribution is 7.73. The van der Waals surface area contributed by atoms with Gasteiger partial charge in [0.1, 0.15) is 11.2 Å². The van der Waals surface area contributed by atoms with E-state index in [4.69, 9.17) is 0 Å². The van der Waals surface area contributed by atoms with Gasteiger partial charge in [-0.05, 0) is 6.42 Å². The number of hydrogen-bond acceptors (Lipinski definition) is 8. The second-order valence-corrected chi connectivity index (χ2v) is 7.51. The van der Waals surface area contributed by atoms with E-state index in [1.807, 2.05) is 0 Å². The number of amides is 2. The second-order valence-electron chi connectivity index (χ2n) is 6.34. The molecule has 1 aromatic carbocycles. The number of methoxy groups -OCH3 is 1. The van der Waals surface area contributed by atoms with E-state index in [-0.39, 0.29) is 36.8 Å². The summed E-state index contributed by atoms with van der Waals surface area (Å²) in [7, 11) is 1.32. The number of ketones is 1. The lowest BCUT2D eigenvalue weighted by molar-refractivity contribution is -0.384. The second kappa shape index (κ2) is 11.1. The summed E-state index contributed by atoms with van der Waals surface area (Å²) < 4.78 is 26.8. The summed E-state index contributed by atoms with van der Waals surface area (Å²) in [5, 5.41) is 8.95. The number of nitro groups is 1. The first-order valence-corrected chi connectivity index (χ1v) is 9.73. The molecule has 1 heterocycles. The van der Waals surface area contributed by atoms with Gasteiger partial charge in [0, 0.05) is 38.7 Å². The molecule has 1 aliphatic rings. The summed E-state index contributed by atoms with van der Waals surface area (Å²) in [6.45, 7) is -0.0415. The quantitative estimate of drug-likeness (QED) is 0.311. The Labute approximate surface area is 169 Å². The number of benzene rings is 1. The molecule has 2 amide bonds. The molecule has 0 aromatic heterocycles. The van der Waals surface area contributed by atoms with E-state index in [1.165, 1.54) is 31.1 Å². The Morgan fingerprint density at radius 2 is 1.83 bits per heavy atom. The number of Topliss-reactive ketones (excluding diaryl/α,β-unsaturated/α-hetero) is 1. The SMILES string of the molecule is COC(=O)N1C[C@@H](C(=O)CC(=O)N(C)C)C[C@@H]1[SH](=O)=O.O=[N+]([O-])c1ccccc1. The number of para-hydroxylation sites is 1. The van der Waals surface area contributed by atoms with Gasteiger partial charge in [0.2, 0.25) is 5.91 Å². The van der Waals surface area contributed by atoms with Crippen LogP contribution in [-0.4, -0.2) is 74.0 Å². The van der Waals surface area contributed by atoms with E-state index in [2.05, 4.69) is 4.74 Å². The van der Waals surface area contributed by atoms with Crippen molar-refractivity contribution in [3.63, 3.8) is 0 Å². The van der Waals surface area contributed by atoms with Crippen molar-refractivity contribution in [1.29, 1.82) is 0 Å². The monoisotopic (exact) mass is 429 g/mol. The van der Waals surface area contributed by atoms with Crippen LogP contribution in [0.1, 0.15) is 12.8 Å². The number of nitro benzene ring substituents is 1. The van der Waals surface area contributed by atoms with Gasteiger partial charge in [-0.25, -0.2) is 13.2 Å². The van der Waals surface area contributed by atoms with Crippen LogP contribution in [0.5, 0.6) is 0 Å². The van der Waals surface area contributed by atoms with E-state index in [1.54, 1.807) is 18.2 Å². The average molecular weight is 429 g/mol. The molecule has 1 fully saturated rings. The Kier molecular flexibility index (Phi) is 9.19. The Bertz CT molecular complexity index is 817. The summed E-state index contributed by atoms with van der Waals surface area (Å²) in [5.74, 6) is -1.37.